The van der Waals surface area contributed by atoms with Crippen LogP contribution < -0.4 is 0 Å². The normalized spacial score (nSPS) is 17.4. The van der Waals surface area contributed by atoms with Crippen LogP contribution in [0.15, 0.2) is 10.5 Å². The van der Waals surface area contributed by atoms with Crippen LogP contribution in [0.3, 0.4) is 0 Å². The fraction of sp³-hybridized carbons (Fsp3) is 0.611. The predicted octanol–water partition coefficient (Wildman–Crippen LogP) is 2.58. The van der Waals surface area contributed by atoms with Crippen LogP contribution >= 0.6 is 11.8 Å². The van der Waals surface area contributed by atoms with E-state index in [1.54, 1.807) is 30.6 Å². The number of hydrogen-bond donors (Lipinski definition) is 1. The summed E-state index contributed by atoms with van der Waals surface area (Å²) in [6.07, 6.45) is 0.389. The zero-order chi connectivity index (χ0) is 19.6. The van der Waals surface area contributed by atoms with Crippen molar-refractivity contribution in [3.8, 4) is 0 Å². The number of furan rings is 1. The van der Waals surface area contributed by atoms with E-state index in [-0.39, 0.29) is 29.3 Å². The summed E-state index contributed by atoms with van der Waals surface area (Å²) in [7, 11) is 1.63. The average molecular weight is 382 g/mol. The number of rotatable bonds is 5. The first-order valence-corrected chi connectivity index (χ1v) is 9.60. The molecule has 0 radical (unpaired) electrons. The molecule has 1 N–H and O–H groups in total. The van der Waals surface area contributed by atoms with Gasteiger partial charge in [0.15, 0.2) is 0 Å². The average Bonchev–Trinajstić information content (AvgIpc) is 3.11. The first-order chi connectivity index (χ1) is 12.0. The lowest BCUT2D eigenvalue weighted by molar-refractivity contribution is -0.144. The van der Waals surface area contributed by atoms with Gasteiger partial charge in [-0.25, -0.2) is 4.79 Å². The molecule has 0 aromatic carbocycles. The quantitative estimate of drug-likeness (QED) is 0.842. The lowest BCUT2D eigenvalue weighted by Gasteiger charge is -2.29. The number of carbonyl (C=O) groups is 3. The third-order valence-corrected chi connectivity index (χ3v) is 5.15. The highest BCUT2D eigenvalue weighted by Gasteiger charge is 2.37. The van der Waals surface area contributed by atoms with E-state index in [9.17, 15) is 14.4 Å². The van der Waals surface area contributed by atoms with Crippen molar-refractivity contribution < 1.29 is 23.9 Å². The fourth-order valence-corrected chi connectivity index (χ4v) is 4.02. The topological polar surface area (TPSA) is 91.1 Å². The van der Waals surface area contributed by atoms with Gasteiger partial charge in [-0.3, -0.25) is 9.59 Å². The van der Waals surface area contributed by atoms with Crippen molar-refractivity contribution in [2.75, 3.05) is 18.7 Å². The van der Waals surface area contributed by atoms with Crippen molar-refractivity contribution in [3.05, 3.63) is 23.2 Å². The van der Waals surface area contributed by atoms with Gasteiger partial charge in [0.05, 0.1) is 12.4 Å². The zero-order valence-electron chi connectivity index (χ0n) is 15.9. The minimum absolute atomic E-state index is 0.0174. The van der Waals surface area contributed by atoms with Crippen molar-refractivity contribution in [3.63, 3.8) is 0 Å². The number of carbonyl (C=O) groups excluding carboxylic acids is 2. The van der Waals surface area contributed by atoms with Crippen molar-refractivity contribution in [2.45, 2.75) is 46.7 Å². The molecule has 0 saturated carbocycles. The molecule has 1 aliphatic heterocycles. The largest absolute Gasteiger partial charge is 0.478 e. The van der Waals surface area contributed by atoms with E-state index >= 15 is 0 Å². The van der Waals surface area contributed by atoms with Gasteiger partial charge in [-0.2, -0.15) is 0 Å². The summed E-state index contributed by atoms with van der Waals surface area (Å²) < 4.78 is 5.44. The Morgan fingerprint density at radius 3 is 2.58 bits per heavy atom. The Bertz CT molecular complexity index is 707. The molecular weight excluding hydrogens is 356 g/mol. The Labute approximate surface area is 157 Å². The molecule has 1 atom stereocenters. The second-order valence-electron chi connectivity index (χ2n) is 7.80. The molecule has 1 aromatic heterocycles. The van der Waals surface area contributed by atoms with E-state index < -0.39 is 12.0 Å². The summed E-state index contributed by atoms with van der Waals surface area (Å²) in [5.41, 5.74) is -0.0396. The highest BCUT2D eigenvalue weighted by Crippen LogP contribution is 2.27. The number of aromatic carboxylic acids is 1. The molecule has 1 saturated heterocycles. The van der Waals surface area contributed by atoms with Crippen LogP contribution in [-0.4, -0.2) is 57.4 Å². The third kappa shape index (κ3) is 4.81. The molecule has 7 nitrogen and oxygen atoms in total. The van der Waals surface area contributed by atoms with E-state index in [4.69, 9.17) is 9.52 Å². The van der Waals surface area contributed by atoms with Gasteiger partial charge in [-0.1, -0.05) is 20.8 Å². The molecule has 1 aliphatic rings. The van der Waals surface area contributed by atoms with Gasteiger partial charge in [0, 0.05) is 19.2 Å². The molecule has 0 unspecified atom stereocenters. The van der Waals surface area contributed by atoms with Crippen molar-refractivity contribution in [2.24, 2.45) is 5.41 Å². The third-order valence-electron chi connectivity index (χ3n) is 4.14. The number of carboxylic acids is 1. The Hall–Kier alpha value is -1.96. The van der Waals surface area contributed by atoms with E-state index in [0.717, 1.165) is 0 Å². The maximum atomic E-state index is 12.8. The maximum absolute atomic E-state index is 12.8. The van der Waals surface area contributed by atoms with Gasteiger partial charge in [0.25, 0.3) is 0 Å². The van der Waals surface area contributed by atoms with Crippen LogP contribution in [0.4, 0.5) is 0 Å². The summed E-state index contributed by atoms with van der Waals surface area (Å²) in [5.74, 6) is 0.566. The monoisotopic (exact) mass is 382 g/mol. The molecule has 0 aliphatic carbocycles. The van der Waals surface area contributed by atoms with Gasteiger partial charge in [0.1, 0.15) is 23.1 Å². The van der Waals surface area contributed by atoms with Gasteiger partial charge in [-0.05, 0) is 18.4 Å². The summed E-state index contributed by atoms with van der Waals surface area (Å²) in [6, 6.07) is 0.947. The second kappa shape index (κ2) is 7.73. The van der Waals surface area contributed by atoms with Crippen LogP contribution in [0.2, 0.25) is 0 Å². The Kier molecular flexibility index (Phi) is 6.05. The molecule has 0 spiro atoms. The summed E-state index contributed by atoms with van der Waals surface area (Å²) in [5, 5.41) is 9.10. The SMILES string of the molecule is Cc1oc(CN(C)C(=O)[C@H]2CSCN2C(=O)CC(C)(C)C)cc1C(=O)O. The van der Waals surface area contributed by atoms with Gasteiger partial charge in [0.2, 0.25) is 11.8 Å². The number of hydrogen-bond acceptors (Lipinski definition) is 5. The lowest BCUT2D eigenvalue weighted by Crippen LogP contribution is -2.48. The van der Waals surface area contributed by atoms with E-state index in [1.165, 1.54) is 11.0 Å². The van der Waals surface area contributed by atoms with Crippen molar-refractivity contribution >= 4 is 29.5 Å². The van der Waals surface area contributed by atoms with E-state index in [2.05, 4.69) is 0 Å². The van der Waals surface area contributed by atoms with Crippen LogP contribution in [0, 0.1) is 12.3 Å². The number of aryl methyl sites for hydroxylation is 1. The summed E-state index contributed by atoms with van der Waals surface area (Å²) >= 11 is 1.56. The van der Waals surface area contributed by atoms with Crippen LogP contribution in [-0.2, 0) is 16.1 Å². The standard InChI is InChI=1S/C18H26N2O5S/c1-11-13(17(23)24)6-12(25-11)8-19(5)16(22)14-9-26-10-20(14)15(21)7-18(2,3)4/h6,14H,7-10H2,1-5H3,(H,23,24)/t14-/m1/s1. The molecule has 2 rings (SSSR count). The van der Waals surface area contributed by atoms with E-state index in [0.29, 0.717) is 29.6 Å². The fourth-order valence-electron chi connectivity index (χ4n) is 2.85. The molecule has 8 heteroatoms. The van der Waals surface area contributed by atoms with Crippen LogP contribution in [0.25, 0.3) is 0 Å². The summed E-state index contributed by atoms with van der Waals surface area (Å²) in [6.45, 7) is 7.73. The summed E-state index contributed by atoms with van der Waals surface area (Å²) in [4.78, 5) is 39.6. The van der Waals surface area contributed by atoms with Gasteiger partial charge >= 0.3 is 5.97 Å². The number of thioether (sulfide) groups is 1. The van der Waals surface area contributed by atoms with E-state index in [1.807, 2.05) is 20.8 Å². The Morgan fingerprint density at radius 2 is 2.04 bits per heavy atom. The number of likely N-dealkylation sites (N-methyl/N-ethyl adjacent to an activating group) is 1. The maximum Gasteiger partial charge on any atom is 0.339 e. The highest BCUT2D eigenvalue weighted by atomic mass is 32.2. The second-order valence-corrected chi connectivity index (χ2v) is 8.80. The first-order valence-electron chi connectivity index (χ1n) is 8.44. The minimum atomic E-state index is -1.06. The molecule has 1 aromatic rings. The molecular formula is C18H26N2O5S. The van der Waals surface area contributed by atoms with Gasteiger partial charge < -0.3 is 19.3 Å². The molecule has 26 heavy (non-hydrogen) atoms. The molecule has 0 bridgehead atoms. The van der Waals surface area contributed by atoms with Crippen LogP contribution in [0.1, 0.15) is 49.1 Å². The molecule has 144 valence electrons. The van der Waals surface area contributed by atoms with Crippen LogP contribution in [0.5, 0.6) is 0 Å². The number of nitrogens with zero attached hydrogens (tertiary/aromatic N) is 2. The van der Waals surface area contributed by atoms with Crippen molar-refractivity contribution in [1.82, 2.24) is 9.80 Å². The molecule has 1 fully saturated rings. The lowest BCUT2D eigenvalue weighted by atomic mass is 9.91. The molecule has 2 heterocycles. The minimum Gasteiger partial charge on any atom is -0.478 e. The predicted molar refractivity (Wildman–Crippen MR) is 98.9 cm³/mol. The van der Waals surface area contributed by atoms with Crippen molar-refractivity contribution in [1.29, 1.82) is 0 Å². The number of carboxylic acid groups (broad SMARTS) is 1. The van der Waals surface area contributed by atoms with Gasteiger partial charge in [-0.15, -0.1) is 11.8 Å². The smallest absolute Gasteiger partial charge is 0.339 e. The Balaban J connectivity index is 2.05. The molecule has 2 amide bonds. The first kappa shape index (κ1) is 20.4. The zero-order valence-corrected chi connectivity index (χ0v) is 16.7. The number of amides is 2. The highest BCUT2D eigenvalue weighted by molar-refractivity contribution is 7.99. The Morgan fingerprint density at radius 1 is 1.38 bits per heavy atom.